The van der Waals surface area contributed by atoms with Crippen LogP contribution in [0, 0.1) is 0 Å². The third-order valence-electron chi connectivity index (χ3n) is 5.54. The second kappa shape index (κ2) is 10.9. The Morgan fingerprint density at radius 1 is 1.18 bits per heavy atom. The van der Waals surface area contributed by atoms with Crippen molar-refractivity contribution < 1.29 is 9.47 Å². The van der Waals surface area contributed by atoms with Gasteiger partial charge in [0.15, 0.2) is 5.96 Å². The SMILES string of the molecule is CCNC(=NCc1ccc(Cn2ccnc2)cc1)NCc1cc2c(cc1OCC)CC(C)O2. The first-order chi connectivity index (χ1) is 16.1. The van der Waals surface area contributed by atoms with Gasteiger partial charge in [0, 0.05) is 49.6 Å². The van der Waals surface area contributed by atoms with E-state index in [1.807, 2.05) is 19.4 Å². The van der Waals surface area contributed by atoms with Gasteiger partial charge in [0.1, 0.15) is 17.6 Å². The molecule has 1 atom stereocenters. The molecule has 0 spiro atoms. The Hall–Kier alpha value is -3.48. The number of nitrogens with zero attached hydrogens (tertiary/aromatic N) is 3. The van der Waals surface area contributed by atoms with Gasteiger partial charge in [0.2, 0.25) is 0 Å². The van der Waals surface area contributed by atoms with E-state index in [9.17, 15) is 0 Å². The minimum Gasteiger partial charge on any atom is -0.494 e. The van der Waals surface area contributed by atoms with Gasteiger partial charge in [-0.15, -0.1) is 0 Å². The fraction of sp³-hybridized carbons (Fsp3) is 0.385. The van der Waals surface area contributed by atoms with Gasteiger partial charge >= 0.3 is 0 Å². The molecule has 174 valence electrons. The van der Waals surface area contributed by atoms with Crippen LogP contribution in [0.25, 0.3) is 0 Å². The second-order valence-electron chi connectivity index (χ2n) is 8.23. The predicted octanol–water partition coefficient (Wildman–Crippen LogP) is 3.91. The maximum Gasteiger partial charge on any atom is 0.191 e. The average molecular weight is 448 g/mol. The number of aliphatic imine (C=N–C) groups is 1. The molecule has 1 aliphatic heterocycles. The van der Waals surface area contributed by atoms with Crippen LogP contribution >= 0.6 is 0 Å². The molecule has 0 saturated heterocycles. The van der Waals surface area contributed by atoms with Crippen LogP contribution in [-0.4, -0.2) is 34.8 Å². The van der Waals surface area contributed by atoms with Crippen LogP contribution in [0.4, 0.5) is 0 Å². The fourth-order valence-corrected chi connectivity index (χ4v) is 3.94. The van der Waals surface area contributed by atoms with Crippen molar-refractivity contribution in [3.8, 4) is 11.5 Å². The van der Waals surface area contributed by atoms with Crippen molar-refractivity contribution in [3.05, 3.63) is 77.4 Å². The third-order valence-corrected chi connectivity index (χ3v) is 5.54. The van der Waals surface area contributed by atoms with E-state index in [2.05, 4.69) is 70.4 Å². The van der Waals surface area contributed by atoms with Gasteiger partial charge in [-0.1, -0.05) is 24.3 Å². The quantitative estimate of drug-likeness (QED) is 0.384. The zero-order chi connectivity index (χ0) is 23.0. The molecular formula is C26H33N5O2. The van der Waals surface area contributed by atoms with Crippen LogP contribution in [0.2, 0.25) is 0 Å². The number of hydrogen-bond donors (Lipinski definition) is 2. The van der Waals surface area contributed by atoms with E-state index in [0.29, 0.717) is 19.7 Å². The number of benzene rings is 2. The summed E-state index contributed by atoms with van der Waals surface area (Å²) in [4.78, 5) is 8.87. The Morgan fingerprint density at radius 3 is 2.73 bits per heavy atom. The first-order valence-electron chi connectivity index (χ1n) is 11.7. The summed E-state index contributed by atoms with van der Waals surface area (Å²) < 4.78 is 13.9. The summed E-state index contributed by atoms with van der Waals surface area (Å²) in [5.41, 5.74) is 4.68. The molecule has 1 aromatic heterocycles. The van der Waals surface area contributed by atoms with E-state index in [-0.39, 0.29) is 6.10 Å². The van der Waals surface area contributed by atoms with Crippen molar-refractivity contribution >= 4 is 5.96 Å². The largest absolute Gasteiger partial charge is 0.494 e. The lowest BCUT2D eigenvalue weighted by molar-refractivity contribution is 0.254. The maximum atomic E-state index is 5.95. The second-order valence-corrected chi connectivity index (χ2v) is 8.23. The average Bonchev–Trinajstić information content (AvgIpc) is 3.45. The minimum absolute atomic E-state index is 0.211. The van der Waals surface area contributed by atoms with Crippen molar-refractivity contribution in [2.45, 2.75) is 52.9 Å². The van der Waals surface area contributed by atoms with Crippen molar-refractivity contribution in [2.75, 3.05) is 13.2 Å². The van der Waals surface area contributed by atoms with Crippen molar-refractivity contribution in [2.24, 2.45) is 4.99 Å². The number of nitrogens with one attached hydrogen (secondary N) is 2. The summed E-state index contributed by atoms with van der Waals surface area (Å²) in [5.74, 6) is 2.64. The number of guanidine groups is 1. The Balaban J connectivity index is 1.40. The Bertz CT molecular complexity index is 1060. The van der Waals surface area contributed by atoms with Crippen LogP contribution in [0.1, 0.15) is 43.0 Å². The monoisotopic (exact) mass is 447 g/mol. The molecule has 0 aliphatic carbocycles. The molecule has 1 aliphatic rings. The molecular weight excluding hydrogens is 414 g/mol. The first kappa shape index (κ1) is 22.7. The van der Waals surface area contributed by atoms with Gasteiger partial charge in [-0.3, -0.25) is 0 Å². The van der Waals surface area contributed by atoms with E-state index in [1.54, 1.807) is 6.20 Å². The van der Waals surface area contributed by atoms with Crippen LogP contribution in [-0.2, 0) is 26.1 Å². The molecule has 0 bridgehead atoms. The van der Waals surface area contributed by atoms with E-state index in [1.165, 1.54) is 11.1 Å². The molecule has 2 N–H and O–H groups in total. The Kier molecular flexibility index (Phi) is 7.50. The molecule has 4 rings (SSSR count). The Morgan fingerprint density at radius 2 is 2.00 bits per heavy atom. The zero-order valence-corrected chi connectivity index (χ0v) is 19.7. The van der Waals surface area contributed by atoms with E-state index in [4.69, 9.17) is 14.5 Å². The maximum absolute atomic E-state index is 5.95. The number of rotatable bonds is 9. The molecule has 3 aromatic rings. The van der Waals surface area contributed by atoms with E-state index >= 15 is 0 Å². The summed E-state index contributed by atoms with van der Waals surface area (Å²) in [5, 5.41) is 6.77. The molecule has 7 heteroatoms. The van der Waals surface area contributed by atoms with Crippen molar-refractivity contribution in [1.82, 2.24) is 20.2 Å². The highest BCUT2D eigenvalue weighted by Gasteiger charge is 2.21. The zero-order valence-electron chi connectivity index (χ0n) is 19.7. The van der Waals surface area contributed by atoms with Gasteiger partial charge in [0.05, 0.1) is 19.5 Å². The van der Waals surface area contributed by atoms with Gasteiger partial charge in [-0.2, -0.15) is 0 Å². The molecule has 0 fully saturated rings. The fourth-order valence-electron chi connectivity index (χ4n) is 3.94. The summed E-state index contributed by atoms with van der Waals surface area (Å²) in [6.45, 7) is 9.62. The highest BCUT2D eigenvalue weighted by atomic mass is 16.5. The molecule has 2 aromatic carbocycles. The number of imidazole rings is 1. The smallest absolute Gasteiger partial charge is 0.191 e. The topological polar surface area (TPSA) is 72.7 Å². The number of hydrogen-bond acceptors (Lipinski definition) is 4. The summed E-state index contributed by atoms with van der Waals surface area (Å²) >= 11 is 0. The van der Waals surface area contributed by atoms with Crippen molar-refractivity contribution in [3.63, 3.8) is 0 Å². The molecule has 2 heterocycles. The van der Waals surface area contributed by atoms with Crippen molar-refractivity contribution in [1.29, 1.82) is 0 Å². The molecule has 0 radical (unpaired) electrons. The third kappa shape index (κ3) is 6.06. The predicted molar refractivity (Wildman–Crippen MR) is 131 cm³/mol. The minimum atomic E-state index is 0.211. The Labute approximate surface area is 195 Å². The van der Waals surface area contributed by atoms with Crippen LogP contribution in [0.5, 0.6) is 11.5 Å². The lowest BCUT2D eigenvalue weighted by Crippen LogP contribution is -2.36. The van der Waals surface area contributed by atoms with Crippen LogP contribution in [0.3, 0.4) is 0 Å². The molecule has 1 unspecified atom stereocenters. The summed E-state index contributed by atoms with van der Waals surface area (Å²) in [7, 11) is 0. The highest BCUT2D eigenvalue weighted by molar-refractivity contribution is 5.79. The van der Waals surface area contributed by atoms with E-state index < -0.39 is 0 Å². The number of ether oxygens (including phenoxy) is 2. The number of aromatic nitrogens is 2. The lowest BCUT2D eigenvalue weighted by atomic mass is 10.1. The molecule has 0 amide bonds. The van der Waals surface area contributed by atoms with Gasteiger partial charge < -0.3 is 24.7 Å². The molecule has 0 saturated carbocycles. The normalized spacial score (nSPS) is 15.1. The van der Waals surface area contributed by atoms with Crippen LogP contribution in [0.15, 0.2) is 60.1 Å². The van der Waals surface area contributed by atoms with E-state index in [0.717, 1.165) is 48.1 Å². The number of fused-ring (bicyclic) bond motifs is 1. The molecule has 7 nitrogen and oxygen atoms in total. The summed E-state index contributed by atoms with van der Waals surface area (Å²) in [6.07, 6.45) is 6.73. The first-order valence-corrected chi connectivity index (χ1v) is 11.7. The van der Waals surface area contributed by atoms with Gasteiger partial charge in [0.25, 0.3) is 0 Å². The van der Waals surface area contributed by atoms with Gasteiger partial charge in [-0.25, -0.2) is 9.98 Å². The van der Waals surface area contributed by atoms with Crippen LogP contribution < -0.4 is 20.1 Å². The van der Waals surface area contributed by atoms with Gasteiger partial charge in [-0.05, 0) is 44.0 Å². The summed E-state index contributed by atoms with van der Waals surface area (Å²) in [6, 6.07) is 12.8. The highest BCUT2D eigenvalue weighted by Crippen LogP contribution is 2.35. The standard InChI is InChI=1S/C26H33N5O2/c1-4-28-26(29-15-20-6-8-21(9-7-20)17-31-11-10-27-18-31)30-16-23-14-25-22(12-19(3)33-25)13-24(23)32-5-2/h6-11,13-14,18-19H,4-5,12,15-17H2,1-3H3,(H2,28,29,30). The molecule has 33 heavy (non-hydrogen) atoms. The lowest BCUT2D eigenvalue weighted by Gasteiger charge is -2.15.